The molecule has 1 aliphatic rings. The predicted octanol–water partition coefficient (Wildman–Crippen LogP) is 3.75. The molecule has 0 radical (unpaired) electrons. The highest BCUT2D eigenvalue weighted by Crippen LogP contribution is 2.29. The number of benzene rings is 2. The first kappa shape index (κ1) is 12.2. The van der Waals surface area contributed by atoms with E-state index in [1.807, 2.05) is 0 Å². The molecule has 0 saturated heterocycles. The summed E-state index contributed by atoms with van der Waals surface area (Å²) in [5, 5.41) is 2.58. The molecule has 2 heteroatoms. The van der Waals surface area contributed by atoms with Crippen LogP contribution in [0.5, 0.6) is 0 Å². The van der Waals surface area contributed by atoms with Crippen molar-refractivity contribution in [3.63, 3.8) is 0 Å². The van der Waals surface area contributed by atoms with Crippen LogP contribution in [0, 0.1) is 0 Å². The van der Waals surface area contributed by atoms with Gasteiger partial charge in [-0.15, -0.1) is 0 Å². The van der Waals surface area contributed by atoms with Crippen molar-refractivity contribution < 1.29 is 4.58 Å². The molecule has 0 saturated carbocycles. The molecule has 21 heavy (non-hydrogen) atoms. The molecule has 0 aliphatic carbocycles. The lowest BCUT2D eigenvalue weighted by Crippen LogP contribution is -1.99. The second-order valence-electron chi connectivity index (χ2n) is 5.57. The Labute approximate surface area is 124 Å². The summed E-state index contributed by atoms with van der Waals surface area (Å²) in [6.07, 6.45) is 6.66. The molecule has 0 amide bonds. The summed E-state index contributed by atoms with van der Waals surface area (Å²) in [6, 6.07) is 17.1. The molecule has 0 fully saturated rings. The van der Waals surface area contributed by atoms with Gasteiger partial charge in [0.15, 0.2) is 6.21 Å². The Balaban J connectivity index is 1.95. The highest BCUT2D eigenvalue weighted by molar-refractivity contribution is 5.98. The first-order valence-electron chi connectivity index (χ1n) is 7.17. The molecule has 102 valence electrons. The van der Waals surface area contributed by atoms with E-state index in [4.69, 9.17) is 0 Å². The van der Waals surface area contributed by atoms with Crippen LogP contribution >= 0.6 is 0 Å². The number of aromatic nitrogens is 1. The predicted molar refractivity (Wildman–Crippen MR) is 88.6 cm³/mol. The van der Waals surface area contributed by atoms with Gasteiger partial charge in [-0.2, -0.15) is 0 Å². The van der Waals surface area contributed by atoms with Crippen molar-refractivity contribution in [1.82, 2.24) is 4.57 Å². The van der Waals surface area contributed by atoms with Crippen LogP contribution in [0.15, 0.2) is 54.7 Å². The molecule has 0 N–H and O–H groups in total. The SMILES string of the molecule is Cn1cc2ccccc2c1/C=C1/c2ccccc2C=[N+]1C. The van der Waals surface area contributed by atoms with E-state index in [0.717, 1.165) is 0 Å². The Bertz CT molecular complexity index is 910. The third-order valence-electron chi connectivity index (χ3n) is 4.17. The van der Waals surface area contributed by atoms with Crippen molar-refractivity contribution in [2.45, 2.75) is 0 Å². The van der Waals surface area contributed by atoms with Gasteiger partial charge in [0.25, 0.3) is 0 Å². The van der Waals surface area contributed by atoms with E-state index in [-0.39, 0.29) is 0 Å². The number of hydrogen-bond donors (Lipinski definition) is 0. The summed E-state index contributed by atoms with van der Waals surface area (Å²) in [4.78, 5) is 0. The molecule has 2 heterocycles. The van der Waals surface area contributed by atoms with Crippen LogP contribution in [0.4, 0.5) is 0 Å². The first-order chi connectivity index (χ1) is 10.2. The molecule has 0 spiro atoms. The standard InChI is InChI=1S/C19H17N2/c1-20-12-14-7-3-5-9-16(14)18(20)11-19-17-10-6-4-8-15(17)13-21(19)2/h3-13H,1-2H3/q+1. The van der Waals surface area contributed by atoms with Crippen LogP contribution in [0.3, 0.4) is 0 Å². The van der Waals surface area contributed by atoms with Crippen molar-refractivity contribution in [3.05, 3.63) is 71.5 Å². The Kier molecular flexibility index (Phi) is 2.58. The summed E-state index contributed by atoms with van der Waals surface area (Å²) < 4.78 is 4.40. The van der Waals surface area contributed by atoms with E-state index in [1.165, 1.54) is 33.3 Å². The zero-order chi connectivity index (χ0) is 14.4. The zero-order valence-corrected chi connectivity index (χ0v) is 12.2. The van der Waals surface area contributed by atoms with Gasteiger partial charge in [0.05, 0.1) is 16.8 Å². The van der Waals surface area contributed by atoms with Gasteiger partial charge in [-0.05, 0) is 17.5 Å². The molecule has 1 aliphatic heterocycles. The normalized spacial score (nSPS) is 15.5. The highest BCUT2D eigenvalue weighted by atomic mass is 15.0. The molecule has 4 rings (SSSR count). The van der Waals surface area contributed by atoms with Crippen molar-refractivity contribution in [2.75, 3.05) is 7.05 Å². The Morgan fingerprint density at radius 3 is 2.67 bits per heavy atom. The lowest BCUT2D eigenvalue weighted by Gasteiger charge is -2.01. The minimum atomic E-state index is 1.25. The van der Waals surface area contributed by atoms with Crippen LogP contribution in [0.2, 0.25) is 0 Å². The van der Waals surface area contributed by atoms with Crippen LogP contribution in [0.25, 0.3) is 22.5 Å². The van der Waals surface area contributed by atoms with Crippen molar-refractivity contribution in [3.8, 4) is 0 Å². The van der Waals surface area contributed by atoms with Gasteiger partial charge in [0.1, 0.15) is 7.05 Å². The van der Waals surface area contributed by atoms with Crippen LogP contribution in [0.1, 0.15) is 16.8 Å². The summed E-state index contributed by atoms with van der Waals surface area (Å²) in [5.74, 6) is 0. The van der Waals surface area contributed by atoms with E-state index in [9.17, 15) is 0 Å². The molecular weight excluding hydrogens is 256 g/mol. The fourth-order valence-corrected chi connectivity index (χ4v) is 3.11. The molecule has 0 atom stereocenters. The maximum atomic E-state index is 2.28. The number of aryl methyl sites for hydroxylation is 1. The van der Waals surface area contributed by atoms with Gasteiger partial charge in [-0.25, -0.2) is 4.58 Å². The minimum absolute atomic E-state index is 1.25. The molecule has 2 nitrogen and oxygen atoms in total. The fraction of sp³-hybridized carbons (Fsp3) is 0.105. The Morgan fingerprint density at radius 2 is 1.76 bits per heavy atom. The number of hydrogen-bond acceptors (Lipinski definition) is 0. The lowest BCUT2D eigenvalue weighted by molar-refractivity contribution is -0.385. The van der Waals surface area contributed by atoms with Gasteiger partial charge in [-0.3, -0.25) is 0 Å². The Morgan fingerprint density at radius 1 is 1.00 bits per heavy atom. The fourth-order valence-electron chi connectivity index (χ4n) is 3.11. The molecular formula is C19H17N2+. The summed E-state index contributed by atoms with van der Waals surface area (Å²) >= 11 is 0. The first-order valence-corrected chi connectivity index (χ1v) is 7.17. The lowest BCUT2D eigenvalue weighted by atomic mass is 10.1. The average Bonchev–Trinajstić information content (AvgIpc) is 2.97. The topological polar surface area (TPSA) is 7.94 Å². The van der Waals surface area contributed by atoms with Gasteiger partial charge in [0.2, 0.25) is 5.70 Å². The van der Waals surface area contributed by atoms with Crippen LogP contribution in [-0.4, -0.2) is 22.4 Å². The number of fused-ring (bicyclic) bond motifs is 2. The summed E-state index contributed by atoms with van der Waals surface area (Å²) in [7, 11) is 4.22. The largest absolute Gasteiger partial charge is 0.350 e. The smallest absolute Gasteiger partial charge is 0.215 e. The average molecular weight is 273 g/mol. The van der Waals surface area contributed by atoms with Gasteiger partial charge < -0.3 is 4.57 Å². The third kappa shape index (κ3) is 1.83. The van der Waals surface area contributed by atoms with Crippen molar-refractivity contribution in [1.29, 1.82) is 0 Å². The second-order valence-corrected chi connectivity index (χ2v) is 5.57. The van der Waals surface area contributed by atoms with E-state index in [2.05, 4.69) is 90.3 Å². The van der Waals surface area contributed by atoms with Crippen LogP contribution < -0.4 is 0 Å². The van der Waals surface area contributed by atoms with Crippen molar-refractivity contribution in [2.24, 2.45) is 7.05 Å². The van der Waals surface area contributed by atoms with Crippen LogP contribution in [-0.2, 0) is 7.05 Å². The Hall–Kier alpha value is -2.61. The molecule has 0 bridgehead atoms. The maximum absolute atomic E-state index is 2.28. The third-order valence-corrected chi connectivity index (χ3v) is 4.17. The summed E-state index contributed by atoms with van der Waals surface area (Å²) in [6.45, 7) is 0. The van der Waals surface area contributed by atoms with E-state index < -0.39 is 0 Å². The molecule has 1 aromatic heterocycles. The number of rotatable bonds is 1. The number of nitrogens with zero attached hydrogens (tertiary/aromatic N) is 2. The minimum Gasteiger partial charge on any atom is -0.350 e. The zero-order valence-electron chi connectivity index (χ0n) is 12.2. The van der Waals surface area contributed by atoms with E-state index in [1.54, 1.807) is 0 Å². The van der Waals surface area contributed by atoms with Crippen molar-refractivity contribution >= 4 is 28.8 Å². The van der Waals surface area contributed by atoms with Gasteiger partial charge in [0, 0.05) is 24.7 Å². The second kappa shape index (κ2) is 4.45. The molecule has 2 aromatic carbocycles. The van der Waals surface area contributed by atoms with E-state index in [0.29, 0.717) is 0 Å². The highest BCUT2D eigenvalue weighted by Gasteiger charge is 2.23. The maximum Gasteiger partial charge on any atom is 0.215 e. The van der Waals surface area contributed by atoms with Gasteiger partial charge in [-0.1, -0.05) is 36.4 Å². The van der Waals surface area contributed by atoms with E-state index >= 15 is 0 Å². The van der Waals surface area contributed by atoms with Gasteiger partial charge >= 0.3 is 0 Å². The summed E-state index contributed by atoms with van der Waals surface area (Å²) in [5.41, 5.74) is 5.07. The molecule has 3 aromatic rings. The monoisotopic (exact) mass is 273 g/mol. The quantitative estimate of drug-likeness (QED) is 0.597. The molecule has 0 unspecified atom stereocenters.